The molecule has 0 radical (unpaired) electrons. The van der Waals surface area contributed by atoms with Crippen molar-refractivity contribution in [1.29, 1.82) is 0 Å². The lowest BCUT2D eigenvalue weighted by Crippen LogP contribution is -2.33. The van der Waals surface area contributed by atoms with Gasteiger partial charge in [-0.1, -0.05) is 33.8 Å². The van der Waals surface area contributed by atoms with Gasteiger partial charge in [0.2, 0.25) is 6.29 Å². The van der Waals surface area contributed by atoms with Crippen LogP contribution in [0.25, 0.3) is 0 Å². The number of hydrogen-bond acceptors (Lipinski definition) is 6. The van der Waals surface area contributed by atoms with E-state index in [0.29, 0.717) is 5.56 Å². The Bertz CT molecular complexity index is 1070. The summed E-state index contributed by atoms with van der Waals surface area (Å²) in [6.07, 6.45) is 0.198. The predicted molar refractivity (Wildman–Crippen MR) is 129 cm³/mol. The van der Waals surface area contributed by atoms with E-state index in [4.69, 9.17) is 9.47 Å². The van der Waals surface area contributed by atoms with E-state index < -0.39 is 18.4 Å². The second-order valence-corrected chi connectivity index (χ2v) is 9.83. The van der Waals surface area contributed by atoms with Gasteiger partial charge in [-0.15, -0.1) is 0 Å². The van der Waals surface area contributed by atoms with E-state index in [0.717, 1.165) is 18.5 Å². The lowest BCUT2D eigenvalue weighted by atomic mass is 9.63. The minimum Gasteiger partial charge on any atom is -0.435 e. The Balaban J connectivity index is 1.66. The quantitative estimate of drug-likeness (QED) is 0.416. The molecule has 7 heteroatoms. The van der Waals surface area contributed by atoms with Crippen LogP contribution in [0.1, 0.15) is 86.2 Å². The Morgan fingerprint density at radius 1 is 0.882 bits per heavy atom. The van der Waals surface area contributed by atoms with Crippen LogP contribution in [-0.4, -0.2) is 30.9 Å². The van der Waals surface area contributed by atoms with Gasteiger partial charge in [-0.25, -0.2) is 9.59 Å². The summed E-state index contributed by atoms with van der Waals surface area (Å²) in [6, 6.07) is 12.2. The zero-order chi connectivity index (χ0) is 25.1. The first-order chi connectivity index (χ1) is 15.9. The van der Waals surface area contributed by atoms with E-state index in [1.165, 1.54) is 30.2 Å². The van der Waals surface area contributed by atoms with Crippen molar-refractivity contribution in [3.8, 4) is 0 Å². The van der Waals surface area contributed by atoms with Gasteiger partial charge in [0.1, 0.15) is 0 Å². The minimum absolute atomic E-state index is 0.0434. The van der Waals surface area contributed by atoms with E-state index in [2.05, 4.69) is 49.9 Å². The third kappa shape index (κ3) is 5.76. The van der Waals surface area contributed by atoms with Gasteiger partial charge in [-0.3, -0.25) is 4.79 Å². The zero-order valence-electron chi connectivity index (χ0n) is 20.7. The Morgan fingerprint density at radius 2 is 1.47 bits per heavy atom. The summed E-state index contributed by atoms with van der Waals surface area (Å²) in [4.78, 5) is 36.4. The summed E-state index contributed by atoms with van der Waals surface area (Å²) in [5.74, 6) is -0.949. The summed E-state index contributed by atoms with van der Waals surface area (Å²) in [5.41, 5.74) is 4.11. The maximum Gasteiger partial charge on any atom is 0.511 e. The molecule has 1 amide bonds. The number of ether oxygens (including phenoxy) is 3. The summed E-state index contributed by atoms with van der Waals surface area (Å²) >= 11 is 0. The molecule has 34 heavy (non-hydrogen) atoms. The molecule has 0 aromatic heterocycles. The maximum absolute atomic E-state index is 12.8. The molecule has 0 saturated carbocycles. The number of carbonyl (C=O) groups is 3. The van der Waals surface area contributed by atoms with Gasteiger partial charge < -0.3 is 19.5 Å². The number of hydrogen-bond donors (Lipinski definition) is 1. The molecular formula is C27H33NO6. The molecule has 2 aromatic rings. The number of esters is 1. The molecule has 0 bridgehead atoms. The minimum atomic E-state index is -1.10. The van der Waals surface area contributed by atoms with Crippen molar-refractivity contribution in [3.63, 3.8) is 0 Å². The second-order valence-electron chi connectivity index (χ2n) is 9.83. The van der Waals surface area contributed by atoms with Crippen LogP contribution >= 0.6 is 0 Å². The van der Waals surface area contributed by atoms with Crippen LogP contribution in [0.5, 0.6) is 0 Å². The van der Waals surface area contributed by atoms with Crippen molar-refractivity contribution in [2.75, 3.05) is 11.9 Å². The van der Waals surface area contributed by atoms with Crippen molar-refractivity contribution in [2.45, 2.75) is 71.5 Å². The van der Waals surface area contributed by atoms with Gasteiger partial charge in [0.05, 0.1) is 12.2 Å². The van der Waals surface area contributed by atoms with Crippen LogP contribution in [0.3, 0.4) is 0 Å². The zero-order valence-corrected chi connectivity index (χ0v) is 20.7. The first-order valence-corrected chi connectivity index (χ1v) is 11.5. The molecular weight excluding hydrogens is 434 g/mol. The molecule has 1 aliphatic rings. The fourth-order valence-electron chi connectivity index (χ4n) is 4.16. The monoisotopic (exact) mass is 467 g/mol. The summed E-state index contributed by atoms with van der Waals surface area (Å²) in [6.45, 7) is 12.2. The number of anilines is 1. The van der Waals surface area contributed by atoms with Crippen LogP contribution in [-0.2, 0) is 25.0 Å². The highest BCUT2D eigenvalue weighted by atomic mass is 16.8. The molecule has 0 fully saturated rings. The predicted octanol–water partition coefficient (Wildman–Crippen LogP) is 5.96. The fourth-order valence-corrected chi connectivity index (χ4v) is 4.16. The molecule has 182 valence electrons. The highest BCUT2D eigenvalue weighted by molar-refractivity contribution is 6.05. The van der Waals surface area contributed by atoms with Gasteiger partial charge >= 0.3 is 12.1 Å². The van der Waals surface area contributed by atoms with Gasteiger partial charge in [-0.05, 0) is 78.1 Å². The van der Waals surface area contributed by atoms with Crippen molar-refractivity contribution in [2.24, 2.45) is 0 Å². The third-order valence-corrected chi connectivity index (χ3v) is 6.29. The van der Waals surface area contributed by atoms with E-state index in [1.807, 2.05) is 6.07 Å². The number of benzene rings is 2. The van der Waals surface area contributed by atoms with E-state index in [9.17, 15) is 14.4 Å². The fraction of sp³-hybridized carbons (Fsp3) is 0.444. The third-order valence-electron chi connectivity index (χ3n) is 6.29. The van der Waals surface area contributed by atoms with Gasteiger partial charge in [0, 0.05) is 18.2 Å². The van der Waals surface area contributed by atoms with Gasteiger partial charge in [0.15, 0.2) is 0 Å². The Morgan fingerprint density at radius 3 is 2.09 bits per heavy atom. The molecule has 0 spiro atoms. The molecule has 2 aromatic carbocycles. The molecule has 3 rings (SSSR count). The highest BCUT2D eigenvalue weighted by Crippen LogP contribution is 2.46. The molecule has 0 aliphatic heterocycles. The van der Waals surface area contributed by atoms with E-state index in [1.54, 1.807) is 19.1 Å². The van der Waals surface area contributed by atoms with Crippen LogP contribution < -0.4 is 5.32 Å². The second kappa shape index (κ2) is 9.87. The van der Waals surface area contributed by atoms with Crippen molar-refractivity contribution >= 4 is 23.7 Å². The summed E-state index contributed by atoms with van der Waals surface area (Å²) in [7, 11) is 0. The lowest BCUT2D eigenvalue weighted by Gasteiger charge is -2.42. The largest absolute Gasteiger partial charge is 0.511 e. The molecule has 0 saturated heterocycles. The van der Waals surface area contributed by atoms with Crippen LogP contribution in [0, 0.1) is 0 Å². The molecule has 1 N–H and O–H groups in total. The lowest BCUT2D eigenvalue weighted by molar-refractivity contribution is -0.0811. The van der Waals surface area contributed by atoms with Crippen molar-refractivity contribution in [1.82, 2.24) is 0 Å². The molecule has 1 unspecified atom stereocenters. The number of fused-ring (bicyclic) bond motifs is 1. The van der Waals surface area contributed by atoms with Crippen LogP contribution in [0.2, 0.25) is 0 Å². The Labute approximate surface area is 200 Å². The summed E-state index contributed by atoms with van der Waals surface area (Å²) < 4.78 is 14.5. The topological polar surface area (TPSA) is 90.9 Å². The van der Waals surface area contributed by atoms with Crippen LogP contribution in [0.4, 0.5) is 10.5 Å². The van der Waals surface area contributed by atoms with Crippen molar-refractivity contribution in [3.05, 3.63) is 64.7 Å². The van der Waals surface area contributed by atoms with Gasteiger partial charge in [-0.2, -0.15) is 0 Å². The number of nitrogens with one attached hydrogen (secondary N) is 1. The molecule has 1 aliphatic carbocycles. The maximum atomic E-state index is 12.8. The smallest absolute Gasteiger partial charge is 0.435 e. The van der Waals surface area contributed by atoms with E-state index >= 15 is 0 Å². The number of carbonyl (C=O) groups excluding carboxylic acids is 3. The number of amides is 1. The average molecular weight is 468 g/mol. The van der Waals surface area contributed by atoms with Gasteiger partial charge in [0.25, 0.3) is 5.91 Å². The molecule has 7 nitrogen and oxygen atoms in total. The normalized spacial score (nSPS) is 16.5. The van der Waals surface area contributed by atoms with E-state index in [-0.39, 0.29) is 28.9 Å². The first kappa shape index (κ1) is 25.3. The molecule has 1 atom stereocenters. The standard InChI is InChI=1S/C27H33NO6/c1-7-32-25(31)34-17(2)33-24(30)19-10-8-18(9-11-19)23(29)28-20-12-13-21-22(16-20)27(5,6)15-14-26(21,3)4/h8-13,16-17H,7,14-15H2,1-6H3,(H,28,29). The number of rotatable bonds is 6. The Kier molecular flexibility index (Phi) is 7.34. The summed E-state index contributed by atoms with van der Waals surface area (Å²) in [5, 5.41) is 2.96. The molecule has 0 heterocycles. The van der Waals surface area contributed by atoms with Crippen LogP contribution in [0.15, 0.2) is 42.5 Å². The first-order valence-electron chi connectivity index (χ1n) is 11.5. The average Bonchev–Trinajstić information content (AvgIpc) is 2.77. The Hall–Kier alpha value is -3.35. The van der Waals surface area contributed by atoms with Crippen molar-refractivity contribution < 1.29 is 28.6 Å². The SMILES string of the molecule is CCOC(=O)OC(C)OC(=O)c1ccc(C(=O)Nc2ccc3c(c2)C(C)(C)CCC3(C)C)cc1. The highest BCUT2D eigenvalue weighted by Gasteiger charge is 2.37.